The van der Waals surface area contributed by atoms with Gasteiger partial charge in [0.25, 0.3) is 0 Å². The van der Waals surface area contributed by atoms with E-state index < -0.39 is 0 Å². The molecule has 1 N–H and O–H groups in total. The van der Waals surface area contributed by atoms with Crippen LogP contribution in [0.3, 0.4) is 0 Å². The van der Waals surface area contributed by atoms with E-state index in [1.165, 1.54) is 4.88 Å². The number of benzene rings is 1. The van der Waals surface area contributed by atoms with Crippen molar-refractivity contribution in [2.24, 2.45) is 0 Å². The highest BCUT2D eigenvalue weighted by molar-refractivity contribution is 7.09. The van der Waals surface area contributed by atoms with Gasteiger partial charge in [-0.2, -0.15) is 0 Å². The molecule has 2 rings (SSSR count). The van der Waals surface area contributed by atoms with Crippen LogP contribution in [0, 0.1) is 0 Å². The zero-order valence-corrected chi connectivity index (χ0v) is 13.4. The zero-order valence-electron chi connectivity index (χ0n) is 11.1. The molecule has 2 nitrogen and oxygen atoms in total. The molecule has 0 aliphatic rings. The fourth-order valence-corrected chi connectivity index (χ4v) is 3.24. The third-order valence-electron chi connectivity index (χ3n) is 3.00. The Hall–Kier alpha value is -0.580. The Morgan fingerprint density at radius 1 is 1.15 bits per heavy atom. The number of hydrogen-bond acceptors (Lipinski definition) is 3. The SMILES string of the molecule is OCCCN(Cc1cccs1)Cc1ccc(Cl)cc1Cl. The van der Waals surface area contributed by atoms with Crippen molar-refractivity contribution in [1.82, 2.24) is 4.90 Å². The summed E-state index contributed by atoms with van der Waals surface area (Å²) < 4.78 is 0. The van der Waals surface area contributed by atoms with Crippen LogP contribution in [0.2, 0.25) is 10.0 Å². The van der Waals surface area contributed by atoms with E-state index in [4.69, 9.17) is 28.3 Å². The molecule has 0 fully saturated rings. The molecule has 5 heteroatoms. The van der Waals surface area contributed by atoms with Crippen molar-refractivity contribution in [3.05, 3.63) is 56.2 Å². The van der Waals surface area contributed by atoms with Gasteiger partial charge in [0, 0.05) is 41.2 Å². The minimum absolute atomic E-state index is 0.204. The molecule has 0 unspecified atom stereocenters. The van der Waals surface area contributed by atoms with E-state index in [1.807, 2.05) is 12.1 Å². The predicted molar refractivity (Wildman–Crippen MR) is 86.6 cm³/mol. The lowest BCUT2D eigenvalue weighted by Crippen LogP contribution is -2.24. The van der Waals surface area contributed by atoms with Crippen molar-refractivity contribution in [1.29, 1.82) is 0 Å². The van der Waals surface area contributed by atoms with Crippen LogP contribution in [0.5, 0.6) is 0 Å². The van der Waals surface area contributed by atoms with Crippen LogP contribution in [-0.4, -0.2) is 23.2 Å². The van der Waals surface area contributed by atoms with E-state index in [9.17, 15) is 0 Å². The first-order valence-corrected chi connectivity index (χ1v) is 8.12. The maximum absolute atomic E-state index is 9.03. The number of nitrogens with zero attached hydrogens (tertiary/aromatic N) is 1. The smallest absolute Gasteiger partial charge is 0.0465 e. The number of thiophene rings is 1. The number of aliphatic hydroxyl groups is 1. The molecular formula is C15H17Cl2NOS. The average Bonchev–Trinajstić information content (AvgIpc) is 2.92. The van der Waals surface area contributed by atoms with Crippen LogP contribution in [0.25, 0.3) is 0 Å². The molecule has 108 valence electrons. The van der Waals surface area contributed by atoms with Gasteiger partial charge < -0.3 is 5.11 Å². The quantitative estimate of drug-likeness (QED) is 0.811. The standard InChI is InChI=1S/C15H17Cl2NOS/c16-13-5-4-12(15(17)9-13)10-18(6-2-7-19)11-14-3-1-8-20-14/h1,3-5,8-9,19H,2,6-7,10-11H2. The maximum Gasteiger partial charge on any atom is 0.0465 e. The summed E-state index contributed by atoms with van der Waals surface area (Å²) in [6, 6.07) is 9.77. The summed E-state index contributed by atoms with van der Waals surface area (Å²) in [5.41, 5.74) is 1.06. The van der Waals surface area contributed by atoms with Gasteiger partial charge in [-0.25, -0.2) is 0 Å². The van der Waals surface area contributed by atoms with Gasteiger partial charge >= 0.3 is 0 Å². The summed E-state index contributed by atoms with van der Waals surface area (Å²) in [5, 5.41) is 12.5. The van der Waals surface area contributed by atoms with Gasteiger partial charge in [-0.1, -0.05) is 35.3 Å². The van der Waals surface area contributed by atoms with Crippen molar-refractivity contribution >= 4 is 34.5 Å². The molecule has 1 aromatic heterocycles. The number of hydrogen-bond donors (Lipinski definition) is 1. The first-order chi connectivity index (χ1) is 9.69. The molecule has 0 spiro atoms. The molecule has 0 radical (unpaired) electrons. The number of rotatable bonds is 7. The third-order valence-corrected chi connectivity index (χ3v) is 4.45. The molecule has 0 aliphatic heterocycles. The van der Waals surface area contributed by atoms with Crippen molar-refractivity contribution < 1.29 is 5.11 Å². The summed E-state index contributed by atoms with van der Waals surface area (Å²) in [4.78, 5) is 3.60. The minimum atomic E-state index is 0.204. The number of aliphatic hydroxyl groups excluding tert-OH is 1. The highest BCUT2D eigenvalue weighted by atomic mass is 35.5. The molecule has 0 bridgehead atoms. The summed E-state index contributed by atoms with van der Waals surface area (Å²) >= 11 is 13.9. The van der Waals surface area contributed by atoms with Gasteiger partial charge in [0.15, 0.2) is 0 Å². The largest absolute Gasteiger partial charge is 0.396 e. The molecular weight excluding hydrogens is 313 g/mol. The molecule has 20 heavy (non-hydrogen) atoms. The molecule has 1 heterocycles. The van der Waals surface area contributed by atoms with Gasteiger partial charge in [-0.15, -0.1) is 11.3 Å². The van der Waals surface area contributed by atoms with Crippen molar-refractivity contribution in [3.63, 3.8) is 0 Å². The van der Waals surface area contributed by atoms with Crippen LogP contribution < -0.4 is 0 Å². The fraction of sp³-hybridized carbons (Fsp3) is 0.333. The first-order valence-electron chi connectivity index (χ1n) is 6.48. The van der Waals surface area contributed by atoms with Gasteiger partial charge in [-0.05, 0) is 35.6 Å². The third kappa shape index (κ3) is 4.76. The average molecular weight is 330 g/mol. The van der Waals surface area contributed by atoms with Gasteiger partial charge in [-0.3, -0.25) is 4.90 Å². The second kappa shape index (κ2) is 8.01. The molecule has 1 aromatic carbocycles. The summed E-state index contributed by atoms with van der Waals surface area (Å²) in [7, 11) is 0. The zero-order chi connectivity index (χ0) is 14.4. The highest BCUT2D eigenvalue weighted by Gasteiger charge is 2.10. The Bertz CT molecular complexity index is 531. The van der Waals surface area contributed by atoms with E-state index in [-0.39, 0.29) is 6.61 Å². The predicted octanol–water partition coefficient (Wildman–Crippen LogP) is 4.44. The molecule has 2 aromatic rings. The molecule has 0 amide bonds. The van der Waals surface area contributed by atoms with E-state index >= 15 is 0 Å². The lowest BCUT2D eigenvalue weighted by Gasteiger charge is -2.22. The van der Waals surface area contributed by atoms with Crippen LogP contribution in [-0.2, 0) is 13.1 Å². The highest BCUT2D eigenvalue weighted by Crippen LogP contribution is 2.23. The molecule has 0 aliphatic carbocycles. The topological polar surface area (TPSA) is 23.5 Å². The Morgan fingerprint density at radius 3 is 2.65 bits per heavy atom. The monoisotopic (exact) mass is 329 g/mol. The van der Waals surface area contributed by atoms with Gasteiger partial charge in [0.1, 0.15) is 0 Å². The normalized spacial score (nSPS) is 11.2. The molecule has 0 saturated heterocycles. The Kier molecular flexibility index (Phi) is 6.33. The minimum Gasteiger partial charge on any atom is -0.396 e. The molecule has 0 atom stereocenters. The number of halogens is 2. The Morgan fingerprint density at radius 2 is 2.00 bits per heavy atom. The van der Waals surface area contributed by atoms with E-state index in [0.717, 1.165) is 31.6 Å². The van der Waals surface area contributed by atoms with Crippen LogP contribution >= 0.6 is 34.5 Å². The van der Waals surface area contributed by atoms with Crippen molar-refractivity contribution in [2.75, 3.05) is 13.2 Å². The maximum atomic E-state index is 9.03. The summed E-state index contributed by atoms with van der Waals surface area (Å²) in [5.74, 6) is 0. The van der Waals surface area contributed by atoms with E-state index in [0.29, 0.717) is 10.0 Å². The van der Waals surface area contributed by atoms with Crippen molar-refractivity contribution in [3.8, 4) is 0 Å². The Labute approximate surface area is 133 Å². The van der Waals surface area contributed by atoms with E-state index in [1.54, 1.807) is 17.4 Å². The van der Waals surface area contributed by atoms with Gasteiger partial charge in [0.05, 0.1) is 0 Å². The first kappa shape index (κ1) is 15.8. The summed E-state index contributed by atoms with van der Waals surface area (Å²) in [6.45, 7) is 2.67. The van der Waals surface area contributed by atoms with Crippen molar-refractivity contribution in [2.45, 2.75) is 19.5 Å². The second-order valence-electron chi connectivity index (χ2n) is 4.60. The summed E-state index contributed by atoms with van der Waals surface area (Å²) in [6.07, 6.45) is 0.761. The van der Waals surface area contributed by atoms with Crippen LogP contribution in [0.15, 0.2) is 35.7 Å². The van der Waals surface area contributed by atoms with E-state index in [2.05, 4.69) is 22.4 Å². The van der Waals surface area contributed by atoms with Crippen LogP contribution in [0.1, 0.15) is 16.9 Å². The fourth-order valence-electron chi connectivity index (χ4n) is 2.02. The lowest BCUT2D eigenvalue weighted by atomic mass is 10.2. The van der Waals surface area contributed by atoms with Gasteiger partial charge in [0.2, 0.25) is 0 Å². The van der Waals surface area contributed by atoms with Crippen LogP contribution in [0.4, 0.5) is 0 Å². The second-order valence-corrected chi connectivity index (χ2v) is 6.48. The lowest BCUT2D eigenvalue weighted by molar-refractivity contribution is 0.214. The Balaban J connectivity index is 2.06. The molecule has 0 saturated carbocycles.